The van der Waals surface area contributed by atoms with Gasteiger partial charge in [-0.05, 0) is 30.3 Å². The average Bonchev–Trinajstić information content (AvgIpc) is 2.53. The van der Waals surface area contributed by atoms with Crippen LogP contribution in [0.15, 0.2) is 11.1 Å². The van der Waals surface area contributed by atoms with Crippen molar-refractivity contribution in [2.75, 3.05) is 6.61 Å². The Balaban J connectivity index is 2.11. The van der Waals surface area contributed by atoms with Crippen LogP contribution in [-0.2, 0) is 4.79 Å². The normalized spacial score (nSPS) is 45.6. The van der Waals surface area contributed by atoms with Gasteiger partial charge in [0.15, 0.2) is 0 Å². The molecule has 0 unspecified atom stereocenters. The molecule has 3 rings (SSSR count). The molecule has 0 spiro atoms. The number of carbonyl (C=O) groups excluding carboxylic acids is 1. The highest BCUT2D eigenvalue weighted by Crippen LogP contribution is 2.64. The molecule has 3 nitrogen and oxygen atoms in total. The molecule has 2 saturated carbocycles. The lowest BCUT2D eigenvalue weighted by molar-refractivity contribution is -0.133. The predicted octanol–water partition coefficient (Wildman–Crippen LogP) is 1.68. The van der Waals surface area contributed by atoms with Crippen molar-refractivity contribution in [2.24, 2.45) is 22.7 Å². The minimum absolute atomic E-state index is 0.00343. The van der Waals surface area contributed by atoms with Crippen molar-refractivity contribution >= 4 is 5.78 Å². The number of aliphatic hydroxyl groups is 2. The molecule has 2 N–H and O–H groups in total. The fourth-order valence-electron chi connectivity index (χ4n) is 4.62. The second-order valence-electron chi connectivity index (χ2n) is 7.12. The van der Waals surface area contributed by atoms with Crippen molar-refractivity contribution in [3.63, 3.8) is 0 Å². The van der Waals surface area contributed by atoms with Gasteiger partial charge >= 0.3 is 0 Å². The first-order chi connectivity index (χ1) is 8.33. The van der Waals surface area contributed by atoms with Gasteiger partial charge in [0, 0.05) is 17.3 Å². The van der Waals surface area contributed by atoms with E-state index in [-0.39, 0.29) is 29.3 Å². The zero-order valence-electron chi connectivity index (χ0n) is 11.4. The van der Waals surface area contributed by atoms with E-state index in [1.807, 2.05) is 13.8 Å². The van der Waals surface area contributed by atoms with Crippen LogP contribution in [0, 0.1) is 22.7 Å². The molecule has 0 aromatic heterocycles. The van der Waals surface area contributed by atoms with Crippen LogP contribution in [0.5, 0.6) is 0 Å². The van der Waals surface area contributed by atoms with Gasteiger partial charge in [0.2, 0.25) is 0 Å². The maximum atomic E-state index is 12.6. The molecule has 0 radical (unpaired) electrons. The topological polar surface area (TPSA) is 57.5 Å². The Labute approximate surface area is 108 Å². The largest absolute Gasteiger partial charge is 0.392 e. The summed E-state index contributed by atoms with van der Waals surface area (Å²) < 4.78 is 0. The zero-order chi connectivity index (χ0) is 13.3. The number of carbonyl (C=O) groups is 1. The van der Waals surface area contributed by atoms with Gasteiger partial charge in [0.1, 0.15) is 5.78 Å². The number of Topliss-reactive ketones (excluding diaryl/α,β-unsaturated/α-hetero) is 1. The Kier molecular flexibility index (Phi) is 2.37. The summed E-state index contributed by atoms with van der Waals surface area (Å²) >= 11 is 0. The highest BCUT2D eigenvalue weighted by molar-refractivity contribution is 5.90. The van der Waals surface area contributed by atoms with Crippen LogP contribution in [0.25, 0.3) is 0 Å². The molecule has 100 valence electrons. The second kappa shape index (κ2) is 3.45. The number of hydrogen-bond donors (Lipinski definition) is 2. The molecular formula is C15H22O3. The van der Waals surface area contributed by atoms with E-state index in [0.29, 0.717) is 5.78 Å². The zero-order valence-corrected chi connectivity index (χ0v) is 11.4. The third-order valence-corrected chi connectivity index (χ3v) is 5.71. The molecule has 0 aromatic rings. The summed E-state index contributed by atoms with van der Waals surface area (Å²) in [4.78, 5) is 12.6. The van der Waals surface area contributed by atoms with E-state index in [9.17, 15) is 15.0 Å². The molecule has 3 aliphatic carbocycles. The van der Waals surface area contributed by atoms with Crippen molar-refractivity contribution in [1.29, 1.82) is 0 Å². The van der Waals surface area contributed by atoms with Gasteiger partial charge in [-0.1, -0.05) is 26.3 Å². The van der Waals surface area contributed by atoms with Crippen molar-refractivity contribution in [3.05, 3.63) is 11.1 Å². The van der Waals surface area contributed by atoms with Crippen LogP contribution < -0.4 is 0 Å². The molecule has 0 heterocycles. The van der Waals surface area contributed by atoms with E-state index in [1.165, 1.54) is 0 Å². The molecule has 0 bridgehead atoms. The van der Waals surface area contributed by atoms with Crippen LogP contribution in [-0.4, -0.2) is 28.7 Å². The van der Waals surface area contributed by atoms with Gasteiger partial charge in [0.25, 0.3) is 0 Å². The quantitative estimate of drug-likeness (QED) is 0.696. The monoisotopic (exact) mass is 250 g/mol. The number of aliphatic hydroxyl groups excluding tert-OH is 2. The minimum atomic E-state index is -0.617. The van der Waals surface area contributed by atoms with Crippen molar-refractivity contribution in [3.8, 4) is 0 Å². The molecule has 0 aromatic carbocycles. The molecule has 0 saturated heterocycles. The molecule has 2 fully saturated rings. The fourth-order valence-corrected chi connectivity index (χ4v) is 4.62. The molecular weight excluding hydrogens is 228 g/mol. The van der Waals surface area contributed by atoms with Gasteiger partial charge in [-0.15, -0.1) is 0 Å². The second-order valence-corrected chi connectivity index (χ2v) is 7.12. The predicted molar refractivity (Wildman–Crippen MR) is 67.8 cm³/mol. The van der Waals surface area contributed by atoms with Gasteiger partial charge in [0.05, 0.1) is 12.7 Å². The Bertz CT molecular complexity index is 449. The number of allylic oxidation sites excluding steroid dienone is 1. The molecule has 0 aliphatic heterocycles. The minimum Gasteiger partial charge on any atom is -0.392 e. The van der Waals surface area contributed by atoms with E-state index >= 15 is 0 Å². The number of fused-ring (bicyclic) bond motifs is 3. The number of rotatable bonds is 1. The van der Waals surface area contributed by atoms with E-state index in [2.05, 4.69) is 6.92 Å². The lowest BCUT2D eigenvalue weighted by atomic mass is 9.50. The van der Waals surface area contributed by atoms with Crippen LogP contribution in [0.3, 0.4) is 0 Å². The standard InChI is InChI=1S/C15H22O3/c1-14(2)6-8-11(13(14)18)15(3)5-4-10(15)9(7-16)12(8)17/h8,11-12,16-17H,4-7H2,1-3H3/t8-,11-,12+,15+/m1/s1. The van der Waals surface area contributed by atoms with Gasteiger partial charge < -0.3 is 10.2 Å². The Hall–Kier alpha value is -0.670. The van der Waals surface area contributed by atoms with Crippen molar-refractivity contribution < 1.29 is 15.0 Å². The summed E-state index contributed by atoms with van der Waals surface area (Å²) in [5.41, 5.74) is 1.54. The van der Waals surface area contributed by atoms with E-state index in [0.717, 1.165) is 30.4 Å². The van der Waals surface area contributed by atoms with Gasteiger partial charge in [-0.2, -0.15) is 0 Å². The molecule has 3 heteroatoms. The lowest BCUT2D eigenvalue weighted by Gasteiger charge is -2.54. The Morgan fingerprint density at radius 2 is 2.00 bits per heavy atom. The Morgan fingerprint density at radius 3 is 2.50 bits per heavy atom. The summed E-state index contributed by atoms with van der Waals surface area (Å²) in [6, 6.07) is 0. The highest BCUT2D eigenvalue weighted by atomic mass is 16.3. The Morgan fingerprint density at radius 1 is 1.33 bits per heavy atom. The average molecular weight is 250 g/mol. The highest BCUT2D eigenvalue weighted by Gasteiger charge is 2.63. The number of ketones is 1. The smallest absolute Gasteiger partial charge is 0.142 e. The molecule has 0 amide bonds. The number of hydrogen-bond acceptors (Lipinski definition) is 3. The summed E-state index contributed by atoms with van der Waals surface area (Å²) in [6.07, 6.45) is 2.07. The van der Waals surface area contributed by atoms with Crippen LogP contribution >= 0.6 is 0 Å². The summed E-state index contributed by atoms with van der Waals surface area (Å²) in [7, 11) is 0. The van der Waals surface area contributed by atoms with E-state index < -0.39 is 6.10 Å². The van der Waals surface area contributed by atoms with Gasteiger partial charge in [-0.3, -0.25) is 4.79 Å². The van der Waals surface area contributed by atoms with Crippen molar-refractivity contribution in [1.82, 2.24) is 0 Å². The van der Waals surface area contributed by atoms with Gasteiger partial charge in [-0.25, -0.2) is 0 Å². The third kappa shape index (κ3) is 1.24. The summed E-state index contributed by atoms with van der Waals surface area (Å²) in [5.74, 6) is 0.272. The molecule has 4 atom stereocenters. The van der Waals surface area contributed by atoms with E-state index in [1.54, 1.807) is 0 Å². The molecule has 3 aliphatic rings. The first-order valence-corrected chi connectivity index (χ1v) is 6.88. The maximum absolute atomic E-state index is 12.6. The van der Waals surface area contributed by atoms with Crippen molar-refractivity contribution in [2.45, 2.75) is 46.1 Å². The third-order valence-electron chi connectivity index (χ3n) is 5.71. The van der Waals surface area contributed by atoms with Crippen LogP contribution in [0.4, 0.5) is 0 Å². The lowest BCUT2D eigenvalue weighted by Crippen LogP contribution is -2.51. The van der Waals surface area contributed by atoms with E-state index in [4.69, 9.17) is 0 Å². The fraction of sp³-hybridized carbons (Fsp3) is 0.800. The van der Waals surface area contributed by atoms with Crippen LogP contribution in [0.2, 0.25) is 0 Å². The SMILES string of the molecule is CC1(C)C[C@H]2[C@H](O)C(CO)=C3CC[C@]3(C)[C@H]2C1=O. The summed E-state index contributed by atoms with van der Waals surface area (Å²) in [5, 5.41) is 20.0. The maximum Gasteiger partial charge on any atom is 0.142 e. The first-order valence-electron chi connectivity index (χ1n) is 6.88. The first kappa shape index (κ1) is 12.4. The molecule has 18 heavy (non-hydrogen) atoms. The van der Waals surface area contributed by atoms with Crippen LogP contribution in [0.1, 0.15) is 40.0 Å². The summed E-state index contributed by atoms with van der Waals surface area (Å²) in [6.45, 7) is 6.05.